The molecule has 14 heavy (non-hydrogen) atoms. The quantitative estimate of drug-likeness (QED) is 0.621. The molecule has 1 fully saturated rings. The standard InChI is InChI=1S/C12H24IN/c1-3-11(2)4-6-12(10-13,7-5-11)8-9-14/h3-10,14H2,1-2H3. The maximum absolute atomic E-state index is 5.72. The lowest BCUT2D eigenvalue weighted by atomic mass is 9.63. The van der Waals surface area contributed by atoms with E-state index in [1.807, 2.05) is 0 Å². The highest BCUT2D eigenvalue weighted by atomic mass is 127. The van der Waals surface area contributed by atoms with E-state index < -0.39 is 0 Å². The second-order valence-electron chi connectivity index (χ2n) is 5.34. The minimum absolute atomic E-state index is 0.587. The van der Waals surface area contributed by atoms with Gasteiger partial charge in [-0.3, -0.25) is 0 Å². The van der Waals surface area contributed by atoms with E-state index in [0.29, 0.717) is 10.8 Å². The molecule has 0 amide bonds. The minimum Gasteiger partial charge on any atom is -0.330 e. The van der Waals surface area contributed by atoms with Gasteiger partial charge in [0.05, 0.1) is 0 Å². The van der Waals surface area contributed by atoms with E-state index in [9.17, 15) is 0 Å². The fourth-order valence-electron chi connectivity index (χ4n) is 2.49. The van der Waals surface area contributed by atoms with Crippen molar-refractivity contribution in [3.8, 4) is 0 Å². The molecule has 0 heterocycles. The molecule has 1 aliphatic carbocycles. The van der Waals surface area contributed by atoms with Crippen molar-refractivity contribution in [1.29, 1.82) is 0 Å². The Morgan fingerprint density at radius 1 is 1.21 bits per heavy atom. The van der Waals surface area contributed by atoms with Gasteiger partial charge in [0.25, 0.3) is 0 Å². The highest BCUT2D eigenvalue weighted by Crippen LogP contribution is 2.49. The van der Waals surface area contributed by atoms with Gasteiger partial charge < -0.3 is 5.73 Å². The van der Waals surface area contributed by atoms with E-state index in [0.717, 1.165) is 6.54 Å². The molecule has 0 saturated heterocycles. The predicted octanol–water partition coefficient (Wildman–Crippen LogP) is 3.75. The molecule has 1 aliphatic rings. The van der Waals surface area contributed by atoms with Crippen LogP contribution in [0.15, 0.2) is 0 Å². The minimum atomic E-state index is 0.587. The number of halogens is 1. The maximum Gasteiger partial charge on any atom is 0.00524 e. The third-order valence-electron chi connectivity index (χ3n) is 4.33. The van der Waals surface area contributed by atoms with E-state index in [2.05, 4.69) is 36.4 Å². The van der Waals surface area contributed by atoms with Crippen LogP contribution < -0.4 is 5.73 Å². The van der Waals surface area contributed by atoms with Crippen molar-refractivity contribution in [2.24, 2.45) is 16.6 Å². The molecule has 0 atom stereocenters. The zero-order valence-corrected chi connectivity index (χ0v) is 11.8. The van der Waals surface area contributed by atoms with Crippen LogP contribution in [-0.2, 0) is 0 Å². The summed E-state index contributed by atoms with van der Waals surface area (Å²) in [7, 11) is 0. The van der Waals surface area contributed by atoms with Crippen LogP contribution in [0.5, 0.6) is 0 Å². The van der Waals surface area contributed by atoms with E-state index >= 15 is 0 Å². The van der Waals surface area contributed by atoms with Crippen molar-refractivity contribution in [2.45, 2.75) is 52.4 Å². The van der Waals surface area contributed by atoms with Gasteiger partial charge in [-0.25, -0.2) is 0 Å². The average molecular weight is 309 g/mol. The van der Waals surface area contributed by atoms with Crippen molar-refractivity contribution in [2.75, 3.05) is 11.0 Å². The van der Waals surface area contributed by atoms with Gasteiger partial charge in [-0.05, 0) is 49.5 Å². The molecule has 1 saturated carbocycles. The molecule has 0 aromatic rings. The number of alkyl halides is 1. The smallest absolute Gasteiger partial charge is 0.00524 e. The van der Waals surface area contributed by atoms with Gasteiger partial charge in [-0.15, -0.1) is 0 Å². The first-order valence-corrected chi connectivity index (χ1v) is 7.38. The molecule has 0 aromatic heterocycles. The Labute approximate surface area is 102 Å². The van der Waals surface area contributed by atoms with E-state index in [1.54, 1.807) is 0 Å². The van der Waals surface area contributed by atoms with Gasteiger partial charge in [0.15, 0.2) is 0 Å². The lowest BCUT2D eigenvalue weighted by Crippen LogP contribution is -2.35. The largest absolute Gasteiger partial charge is 0.330 e. The van der Waals surface area contributed by atoms with Crippen molar-refractivity contribution in [3.63, 3.8) is 0 Å². The Kier molecular flexibility index (Phi) is 4.69. The normalized spacial score (nSPS) is 38.6. The van der Waals surface area contributed by atoms with Crippen molar-refractivity contribution in [3.05, 3.63) is 0 Å². The molecule has 2 heteroatoms. The molecular formula is C12H24IN. The molecule has 0 bridgehead atoms. The van der Waals surface area contributed by atoms with Crippen molar-refractivity contribution in [1.82, 2.24) is 0 Å². The highest BCUT2D eigenvalue weighted by molar-refractivity contribution is 14.1. The number of hydrogen-bond donors (Lipinski definition) is 1. The van der Waals surface area contributed by atoms with Gasteiger partial charge in [0.2, 0.25) is 0 Å². The van der Waals surface area contributed by atoms with Gasteiger partial charge >= 0.3 is 0 Å². The molecule has 0 unspecified atom stereocenters. The molecule has 1 rings (SSSR count). The summed E-state index contributed by atoms with van der Waals surface area (Å²) in [6, 6.07) is 0. The summed E-state index contributed by atoms with van der Waals surface area (Å²) in [4.78, 5) is 0. The summed E-state index contributed by atoms with van der Waals surface area (Å²) in [6.07, 6.45) is 8.19. The summed E-state index contributed by atoms with van der Waals surface area (Å²) in [6.45, 7) is 5.65. The summed E-state index contributed by atoms with van der Waals surface area (Å²) in [5, 5.41) is 0. The monoisotopic (exact) mass is 309 g/mol. The molecule has 1 nitrogen and oxygen atoms in total. The molecule has 2 N–H and O–H groups in total. The Balaban J connectivity index is 2.54. The summed E-state index contributed by atoms with van der Waals surface area (Å²) in [5.74, 6) is 0. The highest BCUT2D eigenvalue weighted by Gasteiger charge is 2.38. The Hall–Kier alpha value is 0.690. The fraction of sp³-hybridized carbons (Fsp3) is 1.00. The third-order valence-corrected chi connectivity index (χ3v) is 5.95. The van der Waals surface area contributed by atoms with Crippen LogP contribution in [0.3, 0.4) is 0 Å². The number of nitrogens with two attached hydrogens (primary N) is 1. The average Bonchev–Trinajstić information content (AvgIpc) is 2.23. The van der Waals surface area contributed by atoms with E-state index in [1.165, 1.54) is 43.0 Å². The zero-order valence-electron chi connectivity index (χ0n) is 9.61. The lowest BCUT2D eigenvalue weighted by Gasteiger charge is -2.44. The van der Waals surface area contributed by atoms with Gasteiger partial charge in [-0.2, -0.15) is 0 Å². The second kappa shape index (κ2) is 5.15. The Bertz CT molecular complexity index is 171. The van der Waals surface area contributed by atoms with Crippen LogP contribution >= 0.6 is 22.6 Å². The Morgan fingerprint density at radius 2 is 1.79 bits per heavy atom. The molecular weight excluding hydrogens is 285 g/mol. The first-order valence-electron chi connectivity index (χ1n) is 5.86. The van der Waals surface area contributed by atoms with Crippen molar-refractivity contribution >= 4 is 22.6 Å². The molecule has 84 valence electrons. The maximum atomic E-state index is 5.72. The molecule has 0 aromatic carbocycles. The van der Waals surface area contributed by atoms with Crippen LogP contribution in [0.25, 0.3) is 0 Å². The topological polar surface area (TPSA) is 26.0 Å². The second-order valence-corrected chi connectivity index (χ2v) is 6.10. The molecule has 0 radical (unpaired) electrons. The third kappa shape index (κ3) is 2.84. The van der Waals surface area contributed by atoms with E-state index in [-0.39, 0.29) is 0 Å². The molecule has 0 aliphatic heterocycles. The van der Waals surface area contributed by atoms with Crippen LogP contribution in [0.1, 0.15) is 52.4 Å². The Morgan fingerprint density at radius 3 is 2.14 bits per heavy atom. The SMILES string of the molecule is CCC1(C)CCC(CI)(CCN)CC1. The predicted molar refractivity (Wildman–Crippen MR) is 71.9 cm³/mol. The fourth-order valence-corrected chi connectivity index (χ4v) is 3.64. The first kappa shape index (κ1) is 12.8. The van der Waals surface area contributed by atoms with Crippen LogP contribution in [0, 0.1) is 10.8 Å². The van der Waals surface area contributed by atoms with Crippen LogP contribution in [0.4, 0.5) is 0 Å². The number of hydrogen-bond acceptors (Lipinski definition) is 1. The number of rotatable bonds is 4. The first-order chi connectivity index (χ1) is 6.60. The van der Waals surface area contributed by atoms with Crippen LogP contribution in [-0.4, -0.2) is 11.0 Å². The summed E-state index contributed by atoms with van der Waals surface area (Å²) in [5.41, 5.74) is 6.93. The van der Waals surface area contributed by atoms with Gasteiger partial charge in [0, 0.05) is 4.43 Å². The lowest BCUT2D eigenvalue weighted by molar-refractivity contribution is 0.100. The summed E-state index contributed by atoms with van der Waals surface area (Å²) < 4.78 is 1.29. The zero-order chi connectivity index (χ0) is 10.7. The van der Waals surface area contributed by atoms with Gasteiger partial charge in [-0.1, -0.05) is 42.9 Å². The van der Waals surface area contributed by atoms with E-state index in [4.69, 9.17) is 5.73 Å². The van der Waals surface area contributed by atoms with Gasteiger partial charge in [0.1, 0.15) is 0 Å². The summed E-state index contributed by atoms with van der Waals surface area (Å²) >= 11 is 2.55. The van der Waals surface area contributed by atoms with Crippen molar-refractivity contribution < 1.29 is 0 Å². The molecule has 0 spiro atoms. The van der Waals surface area contributed by atoms with Crippen LogP contribution in [0.2, 0.25) is 0 Å².